The number of fused-ring (bicyclic) bond motifs is 1. The Morgan fingerprint density at radius 2 is 1.69 bits per heavy atom. The minimum absolute atomic E-state index is 0.0852. The molecule has 1 N–H and O–H groups in total. The van der Waals surface area contributed by atoms with E-state index in [1.165, 1.54) is 4.57 Å². The number of rotatable bonds is 7. The van der Waals surface area contributed by atoms with Crippen LogP contribution in [0.3, 0.4) is 0 Å². The van der Waals surface area contributed by atoms with Crippen molar-refractivity contribution in [2.75, 3.05) is 6.54 Å². The van der Waals surface area contributed by atoms with E-state index in [4.69, 9.17) is 0 Å². The van der Waals surface area contributed by atoms with E-state index in [-0.39, 0.29) is 23.4 Å². The van der Waals surface area contributed by atoms with Gasteiger partial charge in [-0.15, -0.1) is 13.2 Å². The van der Waals surface area contributed by atoms with Crippen molar-refractivity contribution in [3.05, 3.63) is 94.0 Å². The van der Waals surface area contributed by atoms with Gasteiger partial charge < -0.3 is 4.74 Å². The van der Waals surface area contributed by atoms with E-state index in [9.17, 15) is 26.4 Å². The zero-order chi connectivity index (χ0) is 26.1. The summed E-state index contributed by atoms with van der Waals surface area (Å²) in [4.78, 5) is 17.8. The van der Waals surface area contributed by atoms with Crippen LogP contribution in [0, 0.1) is 13.8 Å². The molecule has 1 heterocycles. The molecule has 0 atom stereocenters. The van der Waals surface area contributed by atoms with Crippen LogP contribution in [-0.4, -0.2) is 30.9 Å². The Morgan fingerprint density at radius 1 is 1.00 bits per heavy atom. The van der Waals surface area contributed by atoms with Crippen molar-refractivity contribution in [1.29, 1.82) is 0 Å². The van der Waals surface area contributed by atoms with Crippen molar-refractivity contribution in [3.63, 3.8) is 0 Å². The number of aryl methyl sites for hydroxylation is 2. The molecule has 0 saturated heterocycles. The molecule has 0 bridgehead atoms. The third-order valence-electron chi connectivity index (χ3n) is 5.45. The van der Waals surface area contributed by atoms with E-state index in [1.807, 2.05) is 32.0 Å². The fraction of sp³-hybridized carbons (Fsp3) is 0.200. The van der Waals surface area contributed by atoms with E-state index in [0.29, 0.717) is 22.4 Å². The lowest BCUT2D eigenvalue weighted by molar-refractivity contribution is -0.274. The molecular formula is C25H22F3N3O4S. The lowest BCUT2D eigenvalue weighted by atomic mass is 10.1. The first-order valence-electron chi connectivity index (χ1n) is 10.9. The SMILES string of the molecule is Cc1ccc(-n2c(CCNS(=O)(=O)c3ccc(OC(F)(F)F)cc3)nc3ccccc3c2=O)c(C)c1. The zero-order valence-corrected chi connectivity index (χ0v) is 20.2. The predicted octanol–water partition coefficient (Wildman–Crippen LogP) is 4.42. The molecule has 1 aromatic heterocycles. The Hall–Kier alpha value is -3.70. The van der Waals surface area contributed by atoms with Gasteiger partial charge in [-0.2, -0.15) is 0 Å². The molecule has 0 fully saturated rings. The first-order valence-corrected chi connectivity index (χ1v) is 12.4. The number of benzene rings is 3. The number of nitrogens with zero attached hydrogens (tertiary/aromatic N) is 2. The highest BCUT2D eigenvalue weighted by molar-refractivity contribution is 7.89. The number of aromatic nitrogens is 2. The van der Waals surface area contributed by atoms with E-state index in [2.05, 4.69) is 14.4 Å². The topological polar surface area (TPSA) is 90.3 Å². The van der Waals surface area contributed by atoms with Gasteiger partial charge in [-0.3, -0.25) is 9.36 Å². The Kier molecular flexibility index (Phi) is 6.87. The third kappa shape index (κ3) is 5.58. The van der Waals surface area contributed by atoms with Crippen molar-refractivity contribution in [3.8, 4) is 11.4 Å². The summed E-state index contributed by atoms with van der Waals surface area (Å²) in [5.41, 5.74) is 2.74. The summed E-state index contributed by atoms with van der Waals surface area (Å²) in [6.45, 7) is 3.72. The number of para-hydroxylation sites is 1. The summed E-state index contributed by atoms with van der Waals surface area (Å²) in [7, 11) is -4.04. The number of alkyl halides is 3. The fourth-order valence-electron chi connectivity index (χ4n) is 3.85. The van der Waals surface area contributed by atoms with Gasteiger partial charge in [0, 0.05) is 13.0 Å². The highest BCUT2D eigenvalue weighted by Crippen LogP contribution is 2.24. The molecule has 7 nitrogen and oxygen atoms in total. The maximum absolute atomic E-state index is 13.4. The molecule has 0 saturated carbocycles. The van der Waals surface area contributed by atoms with Crippen LogP contribution in [0.2, 0.25) is 0 Å². The molecule has 11 heteroatoms. The predicted molar refractivity (Wildman–Crippen MR) is 129 cm³/mol. The van der Waals surface area contributed by atoms with Gasteiger partial charge in [-0.25, -0.2) is 18.1 Å². The molecule has 0 amide bonds. The van der Waals surface area contributed by atoms with Gasteiger partial charge in [0.15, 0.2) is 0 Å². The third-order valence-corrected chi connectivity index (χ3v) is 6.92. The van der Waals surface area contributed by atoms with Gasteiger partial charge in [0.05, 0.1) is 21.5 Å². The van der Waals surface area contributed by atoms with Gasteiger partial charge in [0.25, 0.3) is 5.56 Å². The molecular weight excluding hydrogens is 495 g/mol. The highest BCUT2D eigenvalue weighted by Gasteiger charge is 2.31. The van der Waals surface area contributed by atoms with Gasteiger partial charge in [0.1, 0.15) is 11.6 Å². The van der Waals surface area contributed by atoms with E-state index < -0.39 is 22.1 Å². The molecule has 0 aliphatic rings. The largest absolute Gasteiger partial charge is 0.573 e. The number of halogens is 3. The van der Waals surface area contributed by atoms with Crippen LogP contribution in [0.4, 0.5) is 13.2 Å². The van der Waals surface area contributed by atoms with Crippen LogP contribution in [0.1, 0.15) is 17.0 Å². The number of ether oxygens (including phenoxy) is 1. The van der Waals surface area contributed by atoms with Crippen molar-refractivity contribution >= 4 is 20.9 Å². The molecule has 36 heavy (non-hydrogen) atoms. The highest BCUT2D eigenvalue weighted by atomic mass is 32.2. The Morgan fingerprint density at radius 3 is 2.36 bits per heavy atom. The van der Waals surface area contributed by atoms with Crippen LogP contribution in [0.5, 0.6) is 5.75 Å². The molecule has 4 aromatic rings. The second-order valence-electron chi connectivity index (χ2n) is 8.14. The average molecular weight is 518 g/mol. The molecule has 0 radical (unpaired) electrons. The number of hydrogen-bond acceptors (Lipinski definition) is 5. The smallest absolute Gasteiger partial charge is 0.406 e. The summed E-state index contributed by atoms with van der Waals surface area (Å²) in [5, 5.41) is 0.433. The normalized spacial score (nSPS) is 12.1. The summed E-state index contributed by atoms with van der Waals surface area (Å²) in [6, 6.07) is 16.4. The van der Waals surface area contributed by atoms with E-state index in [0.717, 1.165) is 35.4 Å². The van der Waals surface area contributed by atoms with Crippen LogP contribution in [0.25, 0.3) is 16.6 Å². The Bertz CT molecular complexity index is 1580. The lowest BCUT2D eigenvalue weighted by Crippen LogP contribution is -2.30. The van der Waals surface area contributed by atoms with Crippen molar-refractivity contribution in [2.45, 2.75) is 31.5 Å². The molecule has 0 unspecified atom stereocenters. The second kappa shape index (κ2) is 9.75. The van der Waals surface area contributed by atoms with E-state index in [1.54, 1.807) is 24.3 Å². The minimum Gasteiger partial charge on any atom is -0.406 e. The number of sulfonamides is 1. The average Bonchev–Trinajstić information content (AvgIpc) is 2.79. The van der Waals surface area contributed by atoms with Crippen LogP contribution in [0.15, 0.2) is 76.4 Å². The van der Waals surface area contributed by atoms with Crippen LogP contribution < -0.4 is 15.0 Å². The second-order valence-corrected chi connectivity index (χ2v) is 9.91. The summed E-state index contributed by atoms with van der Waals surface area (Å²) in [5.74, 6) is -0.165. The maximum atomic E-state index is 13.4. The van der Waals surface area contributed by atoms with Crippen molar-refractivity contribution in [2.24, 2.45) is 0 Å². The monoisotopic (exact) mass is 517 g/mol. The van der Waals surface area contributed by atoms with E-state index >= 15 is 0 Å². The quantitative estimate of drug-likeness (QED) is 0.392. The standard InChI is InChI=1S/C25H22F3N3O4S/c1-16-7-12-22(17(2)15-16)31-23(30-21-6-4-3-5-20(21)24(31)32)13-14-29-36(33,34)19-10-8-18(9-11-19)35-25(26,27)28/h3-12,15,29H,13-14H2,1-2H3. The van der Waals surface area contributed by atoms with Crippen LogP contribution in [-0.2, 0) is 16.4 Å². The van der Waals surface area contributed by atoms with Gasteiger partial charge in [-0.1, -0.05) is 29.8 Å². The van der Waals surface area contributed by atoms with Gasteiger partial charge >= 0.3 is 6.36 Å². The molecule has 0 spiro atoms. The molecule has 0 aliphatic carbocycles. The first kappa shape index (κ1) is 25.4. The Labute approximate surface area is 205 Å². The van der Waals surface area contributed by atoms with Crippen LogP contribution >= 0.6 is 0 Å². The molecule has 4 rings (SSSR count). The summed E-state index contributed by atoms with van der Waals surface area (Å²) >= 11 is 0. The minimum atomic E-state index is -4.88. The summed E-state index contributed by atoms with van der Waals surface area (Å²) < 4.78 is 70.1. The fourth-order valence-corrected chi connectivity index (χ4v) is 4.88. The van der Waals surface area contributed by atoms with Gasteiger partial charge in [0.2, 0.25) is 10.0 Å². The Balaban J connectivity index is 1.62. The number of nitrogens with one attached hydrogen (secondary N) is 1. The van der Waals surface area contributed by atoms with Gasteiger partial charge in [-0.05, 0) is 61.9 Å². The van der Waals surface area contributed by atoms with Crippen molar-refractivity contribution < 1.29 is 26.3 Å². The summed E-state index contributed by atoms with van der Waals surface area (Å²) in [6.07, 6.45) is -4.79. The molecule has 3 aromatic carbocycles. The maximum Gasteiger partial charge on any atom is 0.573 e. The zero-order valence-electron chi connectivity index (χ0n) is 19.3. The van der Waals surface area contributed by atoms with Crippen molar-refractivity contribution in [1.82, 2.24) is 14.3 Å². The number of hydrogen-bond donors (Lipinski definition) is 1. The molecule has 188 valence electrons. The lowest BCUT2D eigenvalue weighted by Gasteiger charge is -2.16. The molecule has 0 aliphatic heterocycles. The first-order chi connectivity index (χ1) is 16.9.